The van der Waals surface area contributed by atoms with E-state index in [-0.39, 0.29) is 0 Å². The van der Waals surface area contributed by atoms with Gasteiger partial charge in [0.25, 0.3) is 0 Å². The minimum atomic E-state index is 0.485. The molecule has 1 saturated carbocycles. The molecular weight excluding hydrogens is 206 g/mol. The summed E-state index contributed by atoms with van der Waals surface area (Å²) in [4.78, 5) is 0. The number of nitrogens with one attached hydrogen (secondary N) is 1. The minimum absolute atomic E-state index is 0.485. The Hall–Kier alpha value is -0.820. The van der Waals surface area contributed by atoms with Crippen LogP contribution < -0.4 is 5.32 Å². The first-order valence-electron chi connectivity index (χ1n) is 7.09. The highest BCUT2D eigenvalue weighted by atomic mass is 14.9. The molecule has 17 heavy (non-hydrogen) atoms. The van der Waals surface area contributed by atoms with Gasteiger partial charge in [-0.2, -0.15) is 0 Å². The molecule has 1 nitrogen and oxygen atoms in total. The van der Waals surface area contributed by atoms with Gasteiger partial charge in [0.2, 0.25) is 0 Å². The van der Waals surface area contributed by atoms with Gasteiger partial charge in [-0.3, -0.25) is 0 Å². The van der Waals surface area contributed by atoms with E-state index in [9.17, 15) is 0 Å². The molecule has 1 heteroatoms. The smallest absolute Gasteiger partial charge is 0.0296 e. The topological polar surface area (TPSA) is 12.0 Å². The summed E-state index contributed by atoms with van der Waals surface area (Å²) >= 11 is 0. The van der Waals surface area contributed by atoms with Crippen molar-refractivity contribution in [3.05, 3.63) is 35.4 Å². The second-order valence-electron chi connectivity index (χ2n) is 5.43. The van der Waals surface area contributed by atoms with Gasteiger partial charge in [-0.1, -0.05) is 49.9 Å². The first-order chi connectivity index (χ1) is 8.27. The average molecular weight is 231 g/mol. The molecule has 0 bridgehead atoms. The molecule has 0 aliphatic heterocycles. The van der Waals surface area contributed by atoms with E-state index in [2.05, 4.69) is 43.4 Å². The molecule has 0 radical (unpaired) electrons. The Labute approximate surface area is 106 Å². The lowest BCUT2D eigenvalue weighted by Gasteiger charge is -2.23. The van der Waals surface area contributed by atoms with Crippen LogP contribution >= 0.6 is 0 Å². The molecule has 1 aromatic rings. The van der Waals surface area contributed by atoms with Crippen molar-refractivity contribution in [1.29, 1.82) is 0 Å². The van der Waals surface area contributed by atoms with Gasteiger partial charge in [-0.05, 0) is 37.8 Å². The molecule has 0 aromatic heterocycles. The van der Waals surface area contributed by atoms with Gasteiger partial charge in [0.05, 0.1) is 0 Å². The lowest BCUT2D eigenvalue weighted by molar-refractivity contribution is 0.413. The Kier molecular flexibility index (Phi) is 4.61. The van der Waals surface area contributed by atoms with Gasteiger partial charge in [0, 0.05) is 12.1 Å². The molecule has 1 N–H and O–H groups in total. The zero-order chi connectivity index (χ0) is 12.1. The third-order valence-electron chi connectivity index (χ3n) is 4.00. The van der Waals surface area contributed by atoms with Crippen molar-refractivity contribution in [1.82, 2.24) is 5.32 Å². The Bertz CT molecular complexity index is 337. The molecule has 94 valence electrons. The van der Waals surface area contributed by atoms with Gasteiger partial charge in [0.15, 0.2) is 0 Å². The van der Waals surface area contributed by atoms with Crippen LogP contribution in [0.2, 0.25) is 0 Å². The van der Waals surface area contributed by atoms with Crippen LogP contribution in [0.3, 0.4) is 0 Å². The Morgan fingerprint density at radius 2 is 1.71 bits per heavy atom. The largest absolute Gasteiger partial charge is 0.307 e. The van der Waals surface area contributed by atoms with Crippen molar-refractivity contribution in [2.75, 3.05) is 0 Å². The third kappa shape index (κ3) is 3.57. The lowest BCUT2D eigenvalue weighted by Crippen LogP contribution is -2.31. The number of aryl methyl sites for hydroxylation is 1. The molecule has 2 rings (SSSR count). The quantitative estimate of drug-likeness (QED) is 0.762. The Morgan fingerprint density at radius 1 is 1.06 bits per heavy atom. The van der Waals surface area contributed by atoms with Crippen LogP contribution in [0, 0.1) is 6.92 Å². The molecule has 0 spiro atoms. The second-order valence-corrected chi connectivity index (χ2v) is 5.43. The highest BCUT2D eigenvalue weighted by Crippen LogP contribution is 2.22. The summed E-state index contributed by atoms with van der Waals surface area (Å²) in [5.41, 5.74) is 2.86. The second kappa shape index (κ2) is 6.20. The standard InChI is InChI=1S/C16H25N/c1-13-9-7-8-12-16(13)14(2)17-15-10-5-3-4-6-11-15/h7-9,12,14-15,17H,3-6,10-11H2,1-2H3/t14-/m1/s1. The van der Waals surface area contributed by atoms with Gasteiger partial charge < -0.3 is 5.32 Å². The summed E-state index contributed by atoms with van der Waals surface area (Å²) in [6.07, 6.45) is 8.37. The number of benzene rings is 1. The summed E-state index contributed by atoms with van der Waals surface area (Å²) in [7, 11) is 0. The van der Waals surface area contributed by atoms with Crippen LogP contribution in [0.1, 0.15) is 62.6 Å². The zero-order valence-electron chi connectivity index (χ0n) is 11.2. The van der Waals surface area contributed by atoms with Gasteiger partial charge in [-0.25, -0.2) is 0 Å². The molecule has 1 atom stereocenters. The van der Waals surface area contributed by atoms with E-state index in [1.807, 2.05) is 0 Å². The fraction of sp³-hybridized carbons (Fsp3) is 0.625. The Balaban J connectivity index is 1.96. The summed E-state index contributed by atoms with van der Waals surface area (Å²) < 4.78 is 0. The molecular formula is C16H25N. The maximum Gasteiger partial charge on any atom is 0.0296 e. The summed E-state index contributed by atoms with van der Waals surface area (Å²) in [5.74, 6) is 0. The van der Waals surface area contributed by atoms with E-state index in [0.29, 0.717) is 6.04 Å². The highest BCUT2D eigenvalue weighted by molar-refractivity contribution is 5.28. The molecule has 1 aromatic carbocycles. The number of hydrogen-bond acceptors (Lipinski definition) is 1. The third-order valence-corrected chi connectivity index (χ3v) is 4.00. The van der Waals surface area contributed by atoms with E-state index in [1.54, 1.807) is 0 Å². The highest BCUT2D eigenvalue weighted by Gasteiger charge is 2.15. The van der Waals surface area contributed by atoms with E-state index in [1.165, 1.54) is 49.7 Å². The van der Waals surface area contributed by atoms with Crippen molar-refractivity contribution >= 4 is 0 Å². The maximum atomic E-state index is 3.82. The molecule has 1 aliphatic rings. The van der Waals surface area contributed by atoms with Gasteiger partial charge >= 0.3 is 0 Å². The molecule has 0 saturated heterocycles. The normalized spacial score (nSPS) is 19.9. The van der Waals surface area contributed by atoms with Crippen molar-refractivity contribution in [2.24, 2.45) is 0 Å². The van der Waals surface area contributed by atoms with Crippen molar-refractivity contribution < 1.29 is 0 Å². The van der Waals surface area contributed by atoms with Crippen LogP contribution in [0.25, 0.3) is 0 Å². The van der Waals surface area contributed by atoms with Crippen molar-refractivity contribution in [3.8, 4) is 0 Å². The lowest BCUT2D eigenvalue weighted by atomic mass is 10.0. The van der Waals surface area contributed by atoms with Crippen molar-refractivity contribution in [3.63, 3.8) is 0 Å². The van der Waals surface area contributed by atoms with Crippen LogP contribution in [0.5, 0.6) is 0 Å². The maximum absolute atomic E-state index is 3.82. The Morgan fingerprint density at radius 3 is 2.35 bits per heavy atom. The van der Waals surface area contributed by atoms with E-state index in [4.69, 9.17) is 0 Å². The van der Waals surface area contributed by atoms with Crippen LogP contribution in [0.15, 0.2) is 24.3 Å². The molecule has 0 unspecified atom stereocenters. The molecule has 1 aliphatic carbocycles. The predicted octanol–water partition coefficient (Wildman–Crippen LogP) is 4.37. The van der Waals surface area contributed by atoms with E-state index in [0.717, 1.165) is 6.04 Å². The SMILES string of the molecule is Cc1ccccc1[C@@H](C)NC1CCCCCC1. The summed E-state index contributed by atoms with van der Waals surface area (Å²) in [5, 5.41) is 3.82. The average Bonchev–Trinajstić information content (AvgIpc) is 2.58. The van der Waals surface area contributed by atoms with E-state index >= 15 is 0 Å². The number of rotatable bonds is 3. The number of hydrogen-bond donors (Lipinski definition) is 1. The van der Waals surface area contributed by atoms with E-state index < -0.39 is 0 Å². The monoisotopic (exact) mass is 231 g/mol. The summed E-state index contributed by atoms with van der Waals surface area (Å²) in [6, 6.07) is 9.95. The van der Waals surface area contributed by atoms with Crippen molar-refractivity contribution in [2.45, 2.75) is 64.5 Å². The van der Waals surface area contributed by atoms with Crippen LogP contribution in [0.4, 0.5) is 0 Å². The fourth-order valence-corrected chi connectivity index (χ4v) is 2.96. The van der Waals surface area contributed by atoms with Gasteiger partial charge in [-0.15, -0.1) is 0 Å². The molecule has 0 heterocycles. The molecule has 1 fully saturated rings. The zero-order valence-corrected chi connectivity index (χ0v) is 11.2. The predicted molar refractivity (Wildman–Crippen MR) is 74.2 cm³/mol. The molecule has 0 amide bonds. The van der Waals surface area contributed by atoms with Crippen LogP contribution in [-0.2, 0) is 0 Å². The van der Waals surface area contributed by atoms with Gasteiger partial charge in [0.1, 0.15) is 0 Å². The van der Waals surface area contributed by atoms with Crippen LogP contribution in [-0.4, -0.2) is 6.04 Å². The first kappa shape index (κ1) is 12.6. The minimum Gasteiger partial charge on any atom is -0.307 e. The first-order valence-corrected chi connectivity index (χ1v) is 7.09. The fourth-order valence-electron chi connectivity index (χ4n) is 2.96. The summed E-state index contributed by atoms with van der Waals surface area (Å²) in [6.45, 7) is 4.51.